The number of carbonyl (C=O) groups is 1. The Morgan fingerprint density at radius 3 is 3.11 bits per heavy atom. The Bertz CT molecular complexity index is 428. The first-order valence-electron chi connectivity index (χ1n) is 6.61. The minimum absolute atomic E-state index is 0.0599. The summed E-state index contributed by atoms with van der Waals surface area (Å²) in [5.74, 6) is 0.693. The molecule has 104 valence electrons. The van der Waals surface area contributed by atoms with Crippen LogP contribution in [-0.4, -0.2) is 42.7 Å². The zero-order valence-corrected chi connectivity index (χ0v) is 11.4. The number of nitrogens with one attached hydrogen (secondary N) is 1. The molecule has 1 atom stereocenters. The van der Waals surface area contributed by atoms with E-state index in [2.05, 4.69) is 10.3 Å². The van der Waals surface area contributed by atoms with E-state index in [9.17, 15) is 4.79 Å². The summed E-state index contributed by atoms with van der Waals surface area (Å²) in [6, 6.07) is 1.84. The van der Waals surface area contributed by atoms with Gasteiger partial charge in [0, 0.05) is 30.8 Å². The number of pyridine rings is 1. The van der Waals surface area contributed by atoms with Crippen molar-refractivity contribution in [3.63, 3.8) is 0 Å². The van der Waals surface area contributed by atoms with Gasteiger partial charge < -0.3 is 14.8 Å². The van der Waals surface area contributed by atoms with Crippen LogP contribution in [0.25, 0.3) is 0 Å². The van der Waals surface area contributed by atoms with Crippen molar-refractivity contribution in [3.8, 4) is 5.75 Å². The van der Waals surface area contributed by atoms with E-state index in [1.54, 1.807) is 18.5 Å². The third-order valence-electron chi connectivity index (χ3n) is 2.84. The van der Waals surface area contributed by atoms with E-state index >= 15 is 0 Å². The van der Waals surface area contributed by atoms with Crippen molar-refractivity contribution in [3.05, 3.63) is 24.0 Å². The van der Waals surface area contributed by atoms with Gasteiger partial charge in [-0.1, -0.05) is 0 Å². The SMILES string of the molecule is CC(C)Oc1cncc(C(=O)CC2COCCN2)c1. The van der Waals surface area contributed by atoms with E-state index in [0.717, 1.165) is 6.54 Å². The number of ketones is 1. The Balaban J connectivity index is 1.97. The second-order valence-electron chi connectivity index (χ2n) is 4.93. The largest absolute Gasteiger partial charge is 0.489 e. The molecule has 0 aliphatic carbocycles. The predicted octanol–water partition coefficient (Wildman–Crippen LogP) is 1.43. The molecule has 1 aliphatic heterocycles. The molecule has 2 rings (SSSR count). The summed E-state index contributed by atoms with van der Waals surface area (Å²) in [6.45, 7) is 5.98. The zero-order valence-electron chi connectivity index (χ0n) is 11.4. The maximum atomic E-state index is 12.2. The second kappa shape index (κ2) is 6.63. The lowest BCUT2D eigenvalue weighted by atomic mass is 10.1. The van der Waals surface area contributed by atoms with E-state index in [4.69, 9.17) is 9.47 Å². The minimum atomic E-state index is 0.0599. The van der Waals surface area contributed by atoms with Crippen LogP contribution in [0.3, 0.4) is 0 Å². The summed E-state index contributed by atoms with van der Waals surface area (Å²) in [6.07, 6.45) is 3.70. The molecule has 19 heavy (non-hydrogen) atoms. The number of carbonyl (C=O) groups excluding carboxylic acids is 1. The maximum Gasteiger partial charge on any atom is 0.166 e. The normalized spacial score (nSPS) is 19.4. The van der Waals surface area contributed by atoms with Crippen LogP contribution in [0, 0.1) is 0 Å². The molecule has 2 heterocycles. The summed E-state index contributed by atoms with van der Waals surface area (Å²) in [5, 5.41) is 3.27. The lowest BCUT2D eigenvalue weighted by molar-refractivity contribution is 0.0675. The van der Waals surface area contributed by atoms with E-state index in [1.807, 2.05) is 13.8 Å². The van der Waals surface area contributed by atoms with Crippen LogP contribution in [0.4, 0.5) is 0 Å². The van der Waals surface area contributed by atoms with Crippen molar-refractivity contribution >= 4 is 5.78 Å². The van der Waals surface area contributed by atoms with Gasteiger partial charge in [-0.25, -0.2) is 0 Å². The van der Waals surface area contributed by atoms with Crippen LogP contribution in [0.5, 0.6) is 5.75 Å². The Hall–Kier alpha value is -1.46. The van der Waals surface area contributed by atoms with Crippen molar-refractivity contribution in [2.75, 3.05) is 19.8 Å². The minimum Gasteiger partial charge on any atom is -0.489 e. The van der Waals surface area contributed by atoms with Crippen molar-refractivity contribution in [2.45, 2.75) is 32.4 Å². The molecular weight excluding hydrogens is 244 g/mol. The molecule has 1 N–H and O–H groups in total. The maximum absolute atomic E-state index is 12.2. The van der Waals surface area contributed by atoms with Gasteiger partial charge in [0.15, 0.2) is 5.78 Å². The van der Waals surface area contributed by atoms with Crippen LogP contribution >= 0.6 is 0 Å². The lowest BCUT2D eigenvalue weighted by Crippen LogP contribution is -2.42. The third-order valence-corrected chi connectivity index (χ3v) is 2.84. The van der Waals surface area contributed by atoms with E-state index in [0.29, 0.717) is 30.9 Å². The van der Waals surface area contributed by atoms with Gasteiger partial charge in [-0.3, -0.25) is 9.78 Å². The van der Waals surface area contributed by atoms with Crippen molar-refractivity contribution in [1.82, 2.24) is 10.3 Å². The molecule has 0 aromatic carbocycles. The van der Waals surface area contributed by atoms with E-state index in [1.165, 1.54) is 0 Å². The second-order valence-corrected chi connectivity index (χ2v) is 4.93. The summed E-state index contributed by atoms with van der Waals surface area (Å²) in [4.78, 5) is 16.2. The number of Topliss-reactive ketones (excluding diaryl/α,β-unsaturated/α-hetero) is 1. The van der Waals surface area contributed by atoms with Crippen LogP contribution in [-0.2, 0) is 4.74 Å². The highest BCUT2D eigenvalue weighted by atomic mass is 16.5. The molecular formula is C14H20N2O3. The smallest absolute Gasteiger partial charge is 0.166 e. The first kappa shape index (κ1) is 14.0. The van der Waals surface area contributed by atoms with Gasteiger partial charge in [0.1, 0.15) is 5.75 Å². The summed E-state index contributed by atoms with van der Waals surface area (Å²) in [5.41, 5.74) is 0.588. The number of ether oxygens (including phenoxy) is 2. The molecule has 1 aliphatic rings. The molecule has 1 fully saturated rings. The number of hydrogen-bond acceptors (Lipinski definition) is 5. The molecule has 0 spiro atoms. The monoisotopic (exact) mass is 264 g/mol. The van der Waals surface area contributed by atoms with Gasteiger partial charge in [-0.15, -0.1) is 0 Å². The van der Waals surface area contributed by atoms with Crippen LogP contribution in [0.2, 0.25) is 0 Å². The number of rotatable bonds is 5. The predicted molar refractivity (Wildman–Crippen MR) is 71.6 cm³/mol. The number of morpholine rings is 1. The van der Waals surface area contributed by atoms with Gasteiger partial charge in [-0.2, -0.15) is 0 Å². The molecule has 1 aromatic rings. The Labute approximate surface area is 113 Å². The highest BCUT2D eigenvalue weighted by molar-refractivity contribution is 5.96. The molecule has 0 radical (unpaired) electrons. The van der Waals surface area contributed by atoms with Gasteiger partial charge in [0.2, 0.25) is 0 Å². The van der Waals surface area contributed by atoms with E-state index in [-0.39, 0.29) is 17.9 Å². The van der Waals surface area contributed by atoms with Crippen molar-refractivity contribution in [2.24, 2.45) is 0 Å². The average molecular weight is 264 g/mol. The average Bonchev–Trinajstić information content (AvgIpc) is 2.39. The summed E-state index contributed by atoms with van der Waals surface area (Å²) in [7, 11) is 0. The molecule has 5 nitrogen and oxygen atoms in total. The van der Waals surface area contributed by atoms with Gasteiger partial charge in [0.25, 0.3) is 0 Å². The quantitative estimate of drug-likeness (QED) is 0.815. The summed E-state index contributed by atoms with van der Waals surface area (Å²) >= 11 is 0. The van der Waals surface area contributed by atoms with Crippen molar-refractivity contribution < 1.29 is 14.3 Å². The highest BCUT2D eigenvalue weighted by Gasteiger charge is 2.18. The van der Waals surface area contributed by atoms with Crippen LogP contribution in [0.1, 0.15) is 30.6 Å². The van der Waals surface area contributed by atoms with Crippen LogP contribution in [0.15, 0.2) is 18.5 Å². The molecule has 0 bridgehead atoms. The first-order chi connectivity index (χ1) is 9.15. The molecule has 1 unspecified atom stereocenters. The molecule has 5 heteroatoms. The fraction of sp³-hybridized carbons (Fsp3) is 0.571. The van der Waals surface area contributed by atoms with Crippen LogP contribution < -0.4 is 10.1 Å². The fourth-order valence-corrected chi connectivity index (χ4v) is 2.00. The number of nitrogens with zero attached hydrogens (tertiary/aromatic N) is 1. The van der Waals surface area contributed by atoms with Gasteiger partial charge in [-0.05, 0) is 19.9 Å². The standard InChI is InChI=1S/C14H20N2O3/c1-10(2)19-13-5-11(7-15-8-13)14(17)6-12-9-18-4-3-16-12/h5,7-8,10,12,16H,3-4,6,9H2,1-2H3. The van der Waals surface area contributed by atoms with Gasteiger partial charge >= 0.3 is 0 Å². The van der Waals surface area contributed by atoms with E-state index < -0.39 is 0 Å². The first-order valence-corrected chi connectivity index (χ1v) is 6.61. The fourth-order valence-electron chi connectivity index (χ4n) is 2.00. The molecule has 1 saturated heterocycles. The Morgan fingerprint density at radius 2 is 2.42 bits per heavy atom. The Morgan fingerprint density at radius 1 is 1.58 bits per heavy atom. The Kier molecular flexibility index (Phi) is 4.87. The molecule has 1 aromatic heterocycles. The summed E-state index contributed by atoms with van der Waals surface area (Å²) < 4.78 is 10.9. The van der Waals surface area contributed by atoms with Gasteiger partial charge in [0.05, 0.1) is 25.5 Å². The number of aromatic nitrogens is 1. The lowest BCUT2D eigenvalue weighted by Gasteiger charge is -2.23. The zero-order chi connectivity index (χ0) is 13.7. The third kappa shape index (κ3) is 4.29. The molecule has 0 amide bonds. The topological polar surface area (TPSA) is 60.5 Å². The highest BCUT2D eigenvalue weighted by Crippen LogP contribution is 2.15. The molecule has 0 saturated carbocycles. The van der Waals surface area contributed by atoms with Crippen molar-refractivity contribution in [1.29, 1.82) is 0 Å². The number of hydrogen-bond donors (Lipinski definition) is 1.